The average molecular weight is 115 g/mol. The highest BCUT2D eigenvalue weighted by molar-refractivity contribution is 4.70. The predicted octanol–water partition coefficient (Wildman–Crippen LogP) is 0.383. The number of nitrogens with one attached hydrogen (secondary N) is 1. The van der Waals surface area contributed by atoms with Crippen LogP contribution in [-0.4, -0.2) is 25.3 Å². The molecule has 1 rings (SSSR count). The van der Waals surface area contributed by atoms with Gasteiger partial charge in [-0.25, -0.2) is 0 Å². The van der Waals surface area contributed by atoms with Crippen LogP contribution in [-0.2, 0) is 4.74 Å². The fourth-order valence-corrected chi connectivity index (χ4v) is 1.00. The Morgan fingerprint density at radius 2 is 1.75 bits per heavy atom. The van der Waals surface area contributed by atoms with Crippen LogP contribution in [0.5, 0.6) is 0 Å². The van der Waals surface area contributed by atoms with E-state index in [0.29, 0.717) is 12.1 Å². The van der Waals surface area contributed by atoms with Gasteiger partial charge in [0.1, 0.15) is 0 Å². The molecular formula is C6H13NO. The maximum Gasteiger partial charge on any atom is 0.0617 e. The van der Waals surface area contributed by atoms with Crippen molar-refractivity contribution < 1.29 is 4.74 Å². The van der Waals surface area contributed by atoms with Crippen LogP contribution < -0.4 is 5.32 Å². The quantitative estimate of drug-likeness (QED) is 0.493. The third-order valence-electron chi connectivity index (χ3n) is 1.30. The summed E-state index contributed by atoms with van der Waals surface area (Å²) in [6, 6.07) is 1.08. The van der Waals surface area contributed by atoms with E-state index < -0.39 is 0 Å². The van der Waals surface area contributed by atoms with Gasteiger partial charge in [-0.05, 0) is 13.8 Å². The Morgan fingerprint density at radius 3 is 2.00 bits per heavy atom. The Hall–Kier alpha value is -0.0800. The third kappa shape index (κ3) is 1.46. The number of hydrogen-bond donors (Lipinski definition) is 1. The molecule has 0 aromatic carbocycles. The number of morpholine rings is 1. The Morgan fingerprint density at radius 1 is 1.25 bits per heavy atom. The lowest BCUT2D eigenvalue weighted by Gasteiger charge is -2.25. The van der Waals surface area contributed by atoms with E-state index in [1.807, 2.05) is 0 Å². The molecule has 0 spiro atoms. The SMILES string of the molecule is CC1COCC(C)N1. The molecule has 0 bridgehead atoms. The molecule has 2 atom stereocenters. The molecule has 0 radical (unpaired) electrons. The summed E-state index contributed by atoms with van der Waals surface area (Å²) in [4.78, 5) is 0. The van der Waals surface area contributed by atoms with Crippen LogP contribution in [0.4, 0.5) is 0 Å². The van der Waals surface area contributed by atoms with Crippen molar-refractivity contribution in [2.45, 2.75) is 25.9 Å². The van der Waals surface area contributed by atoms with Gasteiger partial charge in [0.15, 0.2) is 0 Å². The van der Waals surface area contributed by atoms with Gasteiger partial charge >= 0.3 is 0 Å². The molecule has 0 amide bonds. The summed E-state index contributed by atoms with van der Waals surface area (Å²) in [5.41, 5.74) is 0. The van der Waals surface area contributed by atoms with Gasteiger partial charge < -0.3 is 10.1 Å². The normalized spacial score (nSPS) is 39.8. The maximum atomic E-state index is 5.23. The summed E-state index contributed by atoms with van der Waals surface area (Å²) in [7, 11) is 0. The first-order valence-electron chi connectivity index (χ1n) is 3.13. The van der Waals surface area contributed by atoms with Crippen molar-refractivity contribution in [3.63, 3.8) is 0 Å². The number of ether oxygens (including phenoxy) is 1. The highest BCUT2D eigenvalue weighted by atomic mass is 16.5. The molecule has 0 aromatic rings. The van der Waals surface area contributed by atoms with Crippen molar-refractivity contribution in [3.05, 3.63) is 0 Å². The van der Waals surface area contributed by atoms with Crippen LogP contribution in [0.25, 0.3) is 0 Å². The van der Waals surface area contributed by atoms with Crippen LogP contribution >= 0.6 is 0 Å². The van der Waals surface area contributed by atoms with Gasteiger partial charge in [-0.3, -0.25) is 0 Å². The zero-order valence-corrected chi connectivity index (χ0v) is 5.48. The topological polar surface area (TPSA) is 21.3 Å². The average Bonchev–Trinajstić information content (AvgIpc) is 1.64. The molecule has 2 unspecified atom stereocenters. The fraction of sp³-hybridized carbons (Fsp3) is 1.00. The van der Waals surface area contributed by atoms with E-state index in [9.17, 15) is 0 Å². The van der Waals surface area contributed by atoms with Crippen LogP contribution in [0.2, 0.25) is 0 Å². The first-order valence-corrected chi connectivity index (χ1v) is 3.13. The minimum absolute atomic E-state index is 0.541. The van der Waals surface area contributed by atoms with Crippen LogP contribution in [0, 0.1) is 0 Å². The van der Waals surface area contributed by atoms with Crippen molar-refractivity contribution in [2.75, 3.05) is 13.2 Å². The smallest absolute Gasteiger partial charge is 0.0617 e. The molecule has 1 N–H and O–H groups in total. The lowest BCUT2D eigenvalue weighted by atomic mass is 10.2. The third-order valence-corrected chi connectivity index (χ3v) is 1.30. The van der Waals surface area contributed by atoms with Crippen LogP contribution in [0.1, 0.15) is 13.8 Å². The minimum Gasteiger partial charge on any atom is -0.378 e. The highest BCUT2D eigenvalue weighted by Crippen LogP contribution is 1.96. The molecule has 2 heteroatoms. The fourth-order valence-electron chi connectivity index (χ4n) is 1.00. The Balaban J connectivity index is 2.23. The van der Waals surface area contributed by atoms with E-state index in [-0.39, 0.29) is 0 Å². The first-order chi connectivity index (χ1) is 3.79. The van der Waals surface area contributed by atoms with Gasteiger partial charge in [-0.2, -0.15) is 0 Å². The van der Waals surface area contributed by atoms with Gasteiger partial charge in [0.2, 0.25) is 0 Å². The van der Waals surface area contributed by atoms with Crippen molar-refractivity contribution in [1.29, 1.82) is 0 Å². The number of rotatable bonds is 0. The second-order valence-electron chi connectivity index (χ2n) is 2.51. The predicted molar refractivity (Wildman–Crippen MR) is 32.9 cm³/mol. The van der Waals surface area contributed by atoms with E-state index >= 15 is 0 Å². The molecule has 1 heterocycles. The summed E-state index contributed by atoms with van der Waals surface area (Å²) < 4.78 is 5.23. The maximum absolute atomic E-state index is 5.23. The molecule has 8 heavy (non-hydrogen) atoms. The lowest BCUT2D eigenvalue weighted by molar-refractivity contribution is 0.0560. The minimum atomic E-state index is 0.541. The Kier molecular flexibility index (Phi) is 1.86. The molecule has 0 saturated carbocycles. The zero-order chi connectivity index (χ0) is 5.98. The largest absolute Gasteiger partial charge is 0.378 e. The van der Waals surface area contributed by atoms with Gasteiger partial charge in [0.05, 0.1) is 13.2 Å². The summed E-state index contributed by atoms with van der Waals surface area (Å²) in [5, 5.41) is 3.35. The van der Waals surface area contributed by atoms with Crippen LogP contribution in [0.15, 0.2) is 0 Å². The summed E-state index contributed by atoms with van der Waals surface area (Å²) in [6.07, 6.45) is 0. The van der Waals surface area contributed by atoms with Crippen molar-refractivity contribution in [2.24, 2.45) is 0 Å². The van der Waals surface area contributed by atoms with E-state index in [1.54, 1.807) is 0 Å². The summed E-state index contributed by atoms with van der Waals surface area (Å²) in [5.74, 6) is 0. The van der Waals surface area contributed by atoms with Gasteiger partial charge in [0, 0.05) is 12.1 Å². The van der Waals surface area contributed by atoms with Gasteiger partial charge in [-0.1, -0.05) is 0 Å². The highest BCUT2D eigenvalue weighted by Gasteiger charge is 2.12. The second-order valence-corrected chi connectivity index (χ2v) is 2.51. The van der Waals surface area contributed by atoms with Crippen LogP contribution in [0.3, 0.4) is 0 Å². The number of hydrogen-bond acceptors (Lipinski definition) is 2. The van der Waals surface area contributed by atoms with E-state index in [4.69, 9.17) is 4.74 Å². The summed E-state index contributed by atoms with van der Waals surface area (Å²) >= 11 is 0. The van der Waals surface area contributed by atoms with Crippen molar-refractivity contribution in [1.82, 2.24) is 5.32 Å². The molecule has 1 aliphatic heterocycles. The Bertz CT molecular complexity index is 66.9. The van der Waals surface area contributed by atoms with Crippen molar-refractivity contribution >= 4 is 0 Å². The standard InChI is InChI=1S/C6H13NO/c1-5-3-8-4-6(2)7-5/h5-7H,3-4H2,1-2H3. The molecule has 1 aliphatic rings. The van der Waals surface area contributed by atoms with E-state index in [1.165, 1.54) is 0 Å². The Labute approximate surface area is 50.2 Å². The monoisotopic (exact) mass is 115 g/mol. The first kappa shape index (κ1) is 6.05. The summed E-state index contributed by atoms with van der Waals surface area (Å²) in [6.45, 7) is 6.00. The molecule has 1 saturated heterocycles. The van der Waals surface area contributed by atoms with E-state index in [2.05, 4.69) is 19.2 Å². The molecule has 0 aliphatic carbocycles. The molecule has 48 valence electrons. The van der Waals surface area contributed by atoms with Gasteiger partial charge in [0.25, 0.3) is 0 Å². The van der Waals surface area contributed by atoms with Crippen molar-refractivity contribution in [3.8, 4) is 0 Å². The second kappa shape index (κ2) is 2.46. The lowest BCUT2D eigenvalue weighted by Crippen LogP contribution is -2.45. The molecule has 0 aromatic heterocycles. The van der Waals surface area contributed by atoms with E-state index in [0.717, 1.165) is 13.2 Å². The zero-order valence-electron chi connectivity index (χ0n) is 5.48. The van der Waals surface area contributed by atoms with Gasteiger partial charge in [-0.15, -0.1) is 0 Å². The molecule has 2 nitrogen and oxygen atoms in total. The molecule has 1 fully saturated rings. The molecular weight excluding hydrogens is 102 g/mol.